The zero-order valence-corrected chi connectivity index (χ0v) is 14.2. The third-order valence-corrected chi connectivity index (χ3v) is 4.53. The fraction of sp³-hybridized carbons (Fsp3) is 0.400. The molecule has 132 valence electrons. The van der Waals surface area contributed by atoms with Crippen LogP contribution in [0.1, 0.15) is 24.8 Å². The van der Waals surface area contributed by atoms with Gasteiger partial charge in [0.15, 0.2) is 11.6 Å². The molecule has 5 heteroatoms. The molecule has 0 N–H and O–H groups in total. The highest BCUT2D eigenvalue weighted by atomic mass is 19.1. The number of hydrogen-bond donors (Lipinski definition) is 0. The molecule has 1 aliphatic heterocycles. The summed E-state index contributed by atoms with van der Waals surface area (Å²) in [4.78, 5) is 18.5. The summed E-state index contributed by atoms with van der Waals surface area (Å²) in [5.41, 5.74) is 1.21. The number of para-hydroxylation sites is 1. The molecule has 25 heavy (non-hydrogen) atoms. The second kappa shape index (κ2) is 8.60. The summed E-state index contributed by atoms with van der Waals surface area (Å²) in [5.74, 6) is 0.342. The molecule has 2 aromatic rings. The molecule has 2 heterocycles. The summed E-state index contributed by atoms with van der Waals surface area (Å²) in [7, 11) is 0. The third kappa shape index (κ3) is 5.02. The van der Waals surface area contributed by atoms with Crippen molar-refractivity contribution in [2.24, 2.45) is 5.92 Å². The Kier molecular flexibility index (Phi) is 5.99. The van der Waals surface area contributed by atoms with Gasteiger partial charge in [-0.2, -0.15) is 0 Å². The van der Waals surface area contributed by atoms with E-state index in [1.807, 2.05) is 17.2 Å². The standard InChI is InChI=1S/C20H23FN2O2/c21-18-7-1-2-8-19(18)25-12-9-20(24)23-11-4-6-17(15-23)13-16-5-3-10-22-14-16/h1-3,5,7-8,10,14,17H,4,6,9,11-13,15H2/t17-/m0/s1. The number of carbonyl (C=O) groups excluding carboxylic acids is 1. The van der Waals surface area contributed by atoms with E-state index < -0.39 is 5.82 Å². The van der Waals surface area contributed by atoms with E-state index in [-0.39, 0.29) is 24.7 Å². The summed E-state index contributed by atoms with van der Waals surface area (Å²) >= 11 is 0. The van der Waals surface area contributed by atoms with Crippen LogP contribution in [0.3, 0.4) is 0 Å². The van der Waals surface area contributed by atoms with Crippen molar-refractivity contribution in [3.05, 3.63) is 60.2 Å². The highest BCUT2D eigenvalue weighted by Gasteiger charge is 2.23. The lowest BCUT2D eigenvalue weighted by Gasteiger charge is -2.33. The number of benzene rings is 1. The van der Waals surface area contributed by atoms with Gasteiger partial charge in [0.2, 0.25) is 5.91 Å². The highest BCUT2D eigenvalue weighted by Crippen LogP contribution is 2.21. The minimum atomic E-state index is -0.399. The molecule has 4 nitrogen and oxygen atoms in total. The minimum absolute atomic E-state index is 0.0761. The molecular weight excluding hydrogens is 319 g/mol. The van der Waals surface area contributed by atoms with Crippen LogP contribution in [-0.4, -0.2) is 35.5 Å². The van der Waals surface area contributed by atoms with Crippen molar-refractivity contribution in [3.8, 4) is 5.75 Å². The van der Waals surface area contributed by atoms with E-state index in [4.69, 9.17) is 4.74 Å². The Balaban J connectivity index is 1.46. The minimum Gasteiger partial charge on any atom is -0.490 e. The van der Waals surface area contributed by atoms with Gasteiger partial charge in [0.05, 0.1) is 13.0 Å². The van der Waals surface area contributed by atoms with Gasteiger partial charge < -0.3 is 9.64 Å². The van der Waals surface area contributed by atoms with Crippen molar-refractivity contribution in [1.29, 1.82) is 0 Å². The zero-order chi connectivity index (χ0) is 17.5. The van der Waals surface area contributed by atoms with Crippen LogP contribution in [0, 0.1) is 11.7 Å². The van der Waals surface area contributed by atoms with E-state index >= 15 is 0 Å². The Labute approximate surface area is 147 Å². The number of rotatable bonds is 6. The summed E-state index contributed by atoms with van der Waals surface area (Å²) in [6, 6.07) is 10.3. The Morgan fingerprint density at radius 1 is 1.28 bits per heavy atom. The first-order chi connectivity index (χ1) is 12.2. The highest BCUT2D eigenvalue weighted by molar-refractivity contribution is 5.76. The monoisotopic (exact) mass is 342 g/mol. The van der Waals surface area contributed by atoms with Gasteiger partial charge in [0.25, 0.3) is 0 Å². The number of halogens is 1. The SMILES string of the molecule is O=C(CCOc1ccccc1F)N1CCC[C@@H](Cc2cccnc2)C1. The fourth-order valence-electron chi connectivity index (χ4n) is 3.28. The van der Waals surface area contributed by atoms with Crippen molar-refractivity contribution in [3.63, 3.8) is 0 Å². The number of nitrogens with zero attached hydrogens (tertiary/aromatic N) is 2. The molecule has 0 unspecified atom stereocenters. The molecule has 1 aromatic carbocycles. The summed E-state index contributed by atoms with van der Waals surface area (Å²) in [5, 5.41) is 0. The topological polar surface area (TPSA) is 42.4 Å². The zero-order valence-electron chi connectivity index (χ0n) is 14.2. The number of aromatic nitrogens is 1. The number of hydrogen-bond acceptors (Lipinski definition) is 3. The number of piperidine rings is 1. The van der Waals surface area contributed by atoms with Gasteiger partial charge >= 0.3 is 0 Å². The Morgan fingerprint density at radius 2 is 2.16 bits per heavy atom. The van der Waals surface area contributed by atoms with Crippen LogP contribution in [-0.2, 0) is 11.2 Å². The van der Waals surface area contributed by atoms with E-state index in [2.05, 4.69) is 11.1 Å². The van der Waals surface area contributed by atoms with E-state index in [9.17, 15) is 9.18 Å². The largest absolute Gasteiger partial charge is 0.490 e. The van der Waals surface area contributed by atoms with Gasteiger partial charge in [0, 0.05) is 25.5 Å². The summed E-state index contributed by atoms with van der Waals surface area (Å²) < 4.78 is 18.9. The number of carbonyl (C=O) groups is 1. The lowest BCUT2D eigenvalue weighted by molar-refractivity contribution is -0.133. The second-order valence-electron chi connectivity index (χ2n) is 6.44. The number of likely N-dealkylation sites (tertiary alicyclic amines) is 1. The first kappa shape index (κ1) is 17.4. The van der Waals surface area contributed by atoms with Gasteiger partial charge in [0.1, 0.15) is 0 Å². The molecule has 0 saturated carbocycles. The maximum Gasteiger partial charge on any atom is 0.226 e. The van der Waals surface area contributed by atoms with Crippen molar-refractivity contribution in [2.45, 2.75) is 25.7 Å². The Morgan fingerprint density at radius 3 is 2.96 bits per heavy atom. The molecule has 1 fully saturated rings. The predicted molar refractivity (Wildman–Crippen MR) is 93.8 cm³/mol. The van der Waals surface area contributed by atoms with Gasteiger partial charge in [-0.15, -0.1) is 0 Å². The van der Waals surface area contributed by atoms with E-state index in [0.717, 1.165) is 32.4 Å². The number of ether oxygens (including phenoxy) is 1. The van der Waals surface area contributed by atoms with Crippen LogP contribution < -0.4 is 4.74 Å². The Bertz CT molecular complexity index is 693. The first-order valence-corrected chi connectivity index (χ1v) is 8.76. The van der Waals surface area contributed by atoms with E-state index in [1.54, 1.807) is 24.4 Å². The van der Waals surface area contributed by atoms with Crippen LogP contribution in [0.2, 0.25) is 0 Å². The van der Waals surface area contributed by atoms with Crippen molar-refractivity contribution >= 4 is 5.91 Å². The maximum atomic E-state index is 13.5. The van der Waals surface area contributed by atoms with E-state index in [0.29, 0.717) is 5.92 Å². The van der Waals surface area contributed by atoms with E-state index in [1.165, 1.54) is 11.6 Å². The van der Waals surface area contributed by atoms with Crippen LogP contribution in [0.25, 0.3) is 0 Å². The molecule has 1 saturated heterocycles. The first-order valence-electron chi connectivity index (χ1n) is 8.76. The number of pyridine rings is 1. The fourth-order valence-corrected chi connectivity index (χ4v) is 3.28. The lowest BCUT2D eigenvalue weighted by atomic mass is 9.92. The van der Waals surface area contributed by atoms with Gasteiger partial charge in [-0.25, -0.2) is 4.39 Å². The van der Waals surface area contributed by atoms with Crippen LogP contribution in [0.5, 0.6) is 5.75 Å². The predicted octanol–water partition coefficient (Wildman–Crippen LogP) is 3.47. The molecule has 0 radical (unpaired) electrons. The van der Waals surface area contributed by atoms with Crippen LogP contribution in [0.4, 0.5) is 4.39 Å². The molecule has 1 atom stereocenters. The van der Waals surface area contributed by atoms with Crippen molar-refractivity contribution in [1.82, 2.24) is 9.88 Å². The van der Waals surface area contributed by atoms with Gasteiger partial charge in [-0.3, -0.25) is 9.78 Å². The summed E-state index contributed by atoms with van der Waals surface area (Å²) in [6.07, 6.45) is 7.03. The third-order valence-electron chi connectivity index (χ3n) is 4.53. The molecule has 3 rings (SSSR count). The normalized spacial score (nSPS) is 17.3. The number of amides is 1. The lowest BCUT2D eigenvalue weighted by Crippen LogP contribution is -2.41. The average molecular weight is 342 g/mol. The summed E-state index contributed by atoms with van der Waals surface area (Å²) in [6.45, 7) is 1.76. The maximum absolute atomic E-state index is 13.5. The van der Waals surface area contributed by atoms with Gasteiger partial charge in [-0.1, -0.05) is 18.2 Å². The molecular formula is C20H23FN2O2. The van der Waals surface area contributed by atoms with Gasteiger partial charge in [-0.05, 0) is 48.9 Å². The molecule has 0 spiro atoms. The van der Waals surface area contributed by atoms with Crippen LogP contribution >= 0.6 is 0 Å². The molecule has 1 aliphatic rings. The quantitative estimate of drug-likeness (QED) is 0.807. The van der Waals surface area contributed by atoms with Crippen molar-refractivity contribution in [2.75, 3.05) is 19.7 Å². The molecule has 1 amide bonds. The molecule has 0 bridgehead atoms. The molecule has 0 aliphatic carbocycles. The average Bonchev–Trinajstić information content (AvgIpc) is 2.64. The van der Waals surface area contributed by atoms with Crippen molar-refractivity contribution < 1.29 is 13.9 Å². The molecule has 1 aromatic heterocycles. The Hall–Kier alpha value is -2.43. The van der Waals surface area contributed by atoms with Crippen LogP contribution in [0.15, 0.2) is 48.8 Å². The second-order valence-corrected chi connectivity index (χ2v) is 6.44. The smallest absolute Gasteiger partial charge is 0.226 e.